The molecule has 0 fully saturated rings. The quantitative estimate of drug-likeness (QED) is 0.656. The Morgan fingerprint density at radius 2 is 1.91 bits per heavy atom. The molecule has 0 radical (unpaired) electrons. The fourth-order valence-corrected chi connectivity index (χ4v) is 2.71. The van der Waals surface area contributed by atoms with Gasteiger partial charge in [-0.2, -0.15) is 5.10 Å². The van der Waals surface area contributed by atoms with Crippen molar-refractivity contribution in [3.8, 4) is 0 Å². The molecule has 1 heterocycles. The van der Waals surface area contributed by atoms with E-state index in [2.05, 4.69) is 10.1 Å². The molecule has 0 aliphatic rings. The molecule has 1 aromatic heterocycles. The lowest BCUT2D eigenvalue weighted by Gasteiger charge is -2.19. The second kappa shape index (κ2) is 7.59. The predicted molar refractivity (Wildman–Crippen MR) is 90.5 cm³/mol. The maximum atomic E-state index is 6.21. The van der Waals surface area contributed by atoms with Gasteiger partial charge < -0.3 is 4.74 Å². The Labute approximate surface area is 144 Å². The molecule has 0 spiro atoms. The minimum absolute atomic E-state index is 0.148. The smallest absolute Gasteiger partial charge is 0.137 e. The van der Waals surface area contributed by atoms with Crippen LogP contribution in [0.1, 0.15) is 17.2 Å². The summed E-state index contributed by atoms with van der Waals surface area (Å²) in [6.45, 7) is 0.972. The molecular weight excluding hydrogens is 333 g/mol. The molecular formula is C17H15Cl2N3O. The molecule has 1 unspecified atom stereocenters. The van der Waals surface area contributed by atoms with Crippen LogP contribution in [-0.4, -0.2) is 14.8 Å². The molecule has 118 valence electrons. The SMILES string of the molecule is Clc1ccc(COC(Cn2cncn2)c2ccccc2)c(Cl)c1. The molecule has 23 heavy (non-hydrogen) atoms. The van der Waals surface area contributed by atoms with Crippen molar-refractivity contribution < 1.29 is 4.74 Å². The first-order valence-electron chi connectivity index (χ1n) is 7.15. The standard InChI is InChI=1S/C17H15Cl2N3O/c18-15-7-6-14(16(19)8-15)10-23-17(9-22-12-20-11-21-22)13-4-2-1-3-5-13/h1-8,11-12,17H,9-10H2. The summed E-state index contributed by atoms with van der Waals surface area (Å²) in [6.07, 6.45) is 3.04. The minimum atomic E-state index is -0.148. The number of halogens is 2. The topological polar surface area (TPSA) is 39.9 Å². The van der Waals surface area contributed by atoms with Crippen LogP contribution in [0.2, 0.25) is 10.0 Å². The average Bonchev–Trinajstić information content (AvgIpc) is 3.07. The van der Waals surface area contributed by atoms with Crippen LogP contribution in [-0.2, 0) is 17.9 Å². The maximum Gasteiger partial charge on any atom is 0.137 e. The van der Waals surface area contributed by atoms with Gasteiger partial charge >= 0.3 is 0 Å². The van der Waals surface area contributed by atoms with E-state index in [4.69, 9.17) is 27.9 Å². The van der Waals surface area contributed by atoms with Crippen molar-refractivity contribution in [2.75, 3.05) is 0 Å². The Kier molecular flexibility index (Phi) is 5.28. The lowest BCUT2D eigenvalue weighted by molar-refractivity contribution is 0.0257. The van der Waals surface area contributed by atoms with E-state index in [9.17, 15) is 0 Å². The summed E-state index contributed by atoms with van der Waals surface area (Å²) in [7, 11) is 0. The van der Waals surface area contributed by atoms with Crippen molar-refractivity contribution in [1.29, 1.82) is 0 Å². The van der Waals surface area contributed by atoms with Crippen LogP contribution in [0, 0.1) is 0 Å². The van der Waals surface area contributed by atoms with Gasteiger partial charge in [0, 0.05) is 10.0 Å². The van der Waals surface area contributed by atoms with Crippen molar-refractivity contribution in [3.63, 3.8) is 0 Å². The maximum absolute atomic E-state index is 6.21. The summed E-state index contributed by atoms with van der Waals surface area (Å²) < 4.78 is 7.84. The molecule has 4 nitrogen and oxygen atoms in total. The third-order valence-corrected chi connectivity index (χ3v) is 4.03. The highest BCUT2D eigenvalue weighted by atomic mass is 35.5. The summed E-state index contributed by atoms with van der Waals surface area (Å²) >= 11 is 12.1. The molecule has 0 N–H and O–H groups in total. The molecule has 2 aromatic carbocycles. The van der Waals surface area contributed by atoms with Crippen LogP contribution in [0.25, 0.3) is 0 Å². The van der Waals surface area contributed by atoms with Gasteiger partial charge in [-0.3, -0.25) is 4.68 Å². The molecule has 0 saturated heterocycles. The van der Waals surface area contributed by atoms with Gasteiger partial charge in [0.05, 0.1) is 13.2 Å². The van der Waals surface area contributed by atoms with E-state index in [1.165, 1.54) is 6.33 Å². The summed E-state index contributed by atoms with van der Waals surface area (Å²) in [5.74, 6) is 0. The molecule has 0 aliphatic carbocycles. The van der Waals surface area contributed by atoms with Crippen LogP contribution >= 0.6 is 23.2 Å². The van der Waals surface area contributed by atoms with Gasteiger partial charge in [0.1, 0.15) is 18.8 Å². The van der Waals surface area contributed by atoms with E-state index in [-0.39, 0.29) is 6.10 Å². The molecule has 0 bridgehead atoms. The number of nitrogens with zero attached hydrogens (tertiary/aromatic N) is 3. The molecule has 0 amide bonds. The monoisotopic (exact) mass is 347 g/mol. The second-order valence-corrected chi connectivity index (χ2v) is 5.91. The van der Waals surface area contributed by atoms with Gasteiger partial charge in [-0.05, 0) is 23.3 Å². The van der Waals surface area contributed by atoms with Gasteiger partial charge in [-0.1, -0.05) is 59.6 Å². The van der Waals surface area contributed by atoms with Crippen molar-refractivity contribution in [1.82, 2.24) is 14.8 Å². The first-order chi connectivity index (χ1) is 11.2. The third kappa shape index (κ3) is 4.32. The molecule has 0 aliphatic heterocycles. The Balaban J connectivity index is 1.75. The van der Waals surface area contributed by atoms with Gasteiger partial charge in [0.25, 0.3) is 0 Å². The van der Waals surface area contributed by atoms with Crippen molar-refractivity contribution in [2.24, 2.45) is 0 Å². The van der Waals surface area contributed by atoms with E-state index in [1.54, 1.807) is 23.1 Å². The molecule has 3 rings (SSSR count). The van der Waals surface area contributed by atoms with E-state index in [0.717, 1.165) is 11.1 Å². The zero-order valence-electron chi connectivity index (χ0n) is 12.3. The lowest BCUT2D eigenvalue weighted by atomic mass is 10.1. The first kappa shape index (κ1) is 16.0. The van der Waals surface area contributed by atoms with E-state index in [1.807, 2.05) is 36.4 Å². The zero-order valence-corrected chi connectivity index (χ0v) is 13.8. The normalized spacial score (nSPS) is 12.3. The van der Waals surface area contributed by atoms with Crippen LogP contribution in [0.5, 0.6) is 0 Å². The summed E-state index contributed by atoms with van der Waals surface area (Å²) in [5, 5.41) is 5.36. The largest absolute Gasteiger partial charge is 0.367 e. The molecule has 0 saturated carbocycles. The molecule has 3 aromatic rings. The van der Waals surface area contributed by atoms with Gasteiger partial charge in [-0.25, -0.2) is 4.98 Å². The number of hydrogen-bond donors (Lipinski definition) is 0. The minimum Gasteiger partial charge on any atom is -0.367 e. The Hall–Kier alpha value is -1.88. The molecule has 6 heteroatoms. The lowest BCUT2D eigenvalue weighted by Crippen LogP contribution is -2.13. The Morgan fingerprint density at radius 3 is 2.61 bits per heavy atom. The Morgan fingerprint density at radius 1 is 1.09 bits per heavy atom. The van der Waals surface area contributed by atoms with Crippen LogP contribution < -0.4 is 0 Å². The summed E-state index contributed by atoms with van der Waals surface area (Å²) in [4.78, 5) is 3.97. The van der Waals surface area contributed by atoms with Gasteiger partial charge in [0.2, 0.25) is 0 Å². The first-order valence-corrected chi connectivity index (χ1v) is 7.91. The number of aromatic nitrogens is 3. The van der Waals surface area contributed by atoms with Crippen LogP contribution in [0.4, 0.5) is 0 Å². The van der Waals surface area contributed by atoms with Crippen molar-refractivity contribution >= 4 is 23.2 Å². The average molecular weight is 348 g/mol. The highest BCUT2D eigenvalue weighted by Gasteiger charge is 2.14. The van der Waals surface area contributed by atoms with Crippen molar-refractivity contribution in [2.45, 2.75) is 19.3 Å². The number of ether oxygens (including phenoxy) is 1. The summed E-state index contributed by atoms with van der Waals surface area (Å²) in [6, 6.07) is 15.4. The van der Waals surface area contributed by atoms with E-state index in [0.29, 0.717) is 23.2 Å². The van der Waals surface area contributed by atoms with E-state index >= 15 is 0 Å². The highest BCUT2D eigenvalue weighted by molar-refractivity contribution is 6.35. The Bertz CT molecular complexity index is 748. The third-order valence-electron chi connectivity index (χ3n) is 3.45. The zero-order chi connectivity index (χ0) is 16.1. The highest BCUT2D eigenvalue weighted by Crippen LogP contribution is 2.25. The fraction of sp³-hybridized carbons (Fsp3) is 0.176. The predicted octanol–water partition coefficient (Wildman–Crippen LogP) is 4.54. The number of benzene rings is 2. The van der Waals surface area contributed by atoms with Crippen molar-refractivity contribution in [3.05, 3.63) is 82.4 Å². The molecule has 1 atom stereocenters. The van der Waals surface area contributed by atoms with Gasteiger partial charge in [-0.15, -0.1) is 0 Å². The van der Waals surface area contributed by atoms with Crippen LogP contribution in [0.3, 0.4) is 0 Å². The second-order valence-electron chi connectivity index (χ2n) is 5.06. The van der Waals surface area contributed by atoms with Crippen LogP contribution in [0.15, 0.2) is 61.2 Å². The summed E-state index contributed by atoms with van der Waals surface area (Å²) in [5.41, 5.74) is 1.98. The fourth-order valence-electron chi connectivity index (χ4n) is 2.25. The van der Waals surface area contributed by atoms with E-state index < -0.39 is 0 Å². The van der Waals surface area contributed by atoms with Gasteiger partial charge in [0.15, 0.2) is 0 Å². The number of rotatable bonds is 6. The number of hydrogen-bond acceptors (Lipinski definition) is 3.